The maximum atomic E-state index is 11.1. The number of amides is 3. The van der Waals surface area contributed by atoms with Crippen molar-refractivity contribution >= 4 is 29.7 Å². The van der Waals surface area contributed by atoms with Gasteiger partial charge in [0.1, 0.15) is 0 Å². The molecule has 17 heavy (non-hydrogen) atoms. The molecular weight excluding hydrogens is 244 g/mol. The summed E-state index contributed by atoms with van der Waals surface area (Å²) >= 11 is 1.61. The van der Waals surface area contributed by atoms with E-state index in [1.165, 1.54) is 0 Å². The maximum absolute atomic E-state index is 11.1. The Bertz CT molecular complexity index is 294. The third kappa shape index (κ3) is 10.8. The van der Waals surface area contributed by atoms with Crippen LogP contribution in [0.5, 0.6) is 0 Å². The first-order chi connectivity index (χ1) is 8.06. The Morgan fingerprint density at radius 1 is 1.29 bits per heavy atom. The summed E-state index contributed by atoms with van der Waals surface area (Å²) in [5.74, 6) is -0.131. The summed E-state index contributed by atoms with van der Waals surface area (Å²) in [5, 5.41) is 12.9. The highest BCUT2D eigenvalue weighted by Gasteiger charge is 2.08. The van der Waals surface area contributed by atoms with E-state index >= 15 is 0 Å². The standard InChI is InChI=1S/C10H16N2O4S/c1-2-6-17-7-5-11-10(16)12-8(13)3-4-9(14)15/h2H,1,3-7H2,(H,14,15)(H2,11,12,13,16). The molecule has 0 atom stereocenters. The lowest BCUT2D eigenvalue weighted by Gasteiger charge is -2.05. The summed E-state index contributed by atoms with van der Waals surface area (Å²) in [5.41, 5.74) is 0. The van der Waals surface area contributed by atoms with E-state index in [1.807, 2.05) is 5.32 Å². The molecule has 0 fully saturated rings. The summed E-state index contributed by atoms with van der Waals surface area (Å²) in [6, 6.07) is -0.598. The first-order valence-electron chi connectivity index (χ1n) is 5.04. The van der Waals surface area contributed by atoms with Crippen LogP contribution in [0.4, 0.5) is 4.79 Å². The molecule has 0 unspecified atom stereocenters. The molecule has 0 aliphatic carbocycles. The van der Waals surface area contributed by atoms with E-state index in [0.29, 0.717) is 6.54 Å². The van der Waals surface area contributed by atoms with Crippen molar-refractivity contribution in [3.8, 4) is 0 Å². The van der Waals surface area contributed by atoms with Gasteiger partial charge in [0.15, 0.2) is 0 Å². The van der Waals surface area contributed by atoms with Gasteiger partial charge in [0.05, 0.1) is 6.42 Å². The topological polar surface area (TPSA) is 95.5 Å². The third-order valence-electron chi connectivity index (χ3n) is 1.59. The Morgan fingerprint density at radius 3 is 2.59 bits per heavy atom. The molecule has 96 valence electrons. The van der Waals surface area contributed by atoms with E-state index in [-0.39, 0.29) is 12.8 Å². The number of hydrogen-bond donors (Lipinski definition) is 3. The molecule has 0 rings (SSSR count). The lowest BCUT2D eigenvalue weighted by Crippen LogP contribution is -2.40. The third-order valence-corrected chi connectivity index (χ3v) is 2.55. The fourth-order valence-corrected chi connectivity index (χ4v) is 1.44. The van der Waals surface area contributed by atoms with Crippen molar-refractivity contribution in [1.82, 2.24) is 10.6 Å². The summed E-state index contributed by atoms with van der Waals surface area (Å²) in [7, 11) is 0. The fraction of sp³-hybridized carbons (Fsp3) is 0.500. The predicted octanol–water partition coefficient (Wildman–Crippen LogP) is 0.596. The normalized spacial score (nSPS) is 9.41. The Kier molecular flexibility index (Phi) is 8.85. The second-order valence-corrected chi connectivity index (χ2v) is 4.21. The molecule has 0 bridgehead atoms. The number of rotatable bonds is 8. The highest BCUT2D eigenvalue weighted by molar-refractivity contribution is 7.99. The maximum Gasteiger partial charge on any atom is 0.321 e. The highest BCUT2D eigenvalue weighted by Crippen LogP contribution is 1.96. The zero-order valence-corrected chi connectivity index (χ0v) is 10.2. The second-order valence-electron chi connectivity index (χ2n) is 3.06. The van der Waals surface area contributed by atoms with Gasteiger partial charge >= 0.3 is 12.0 Å². The number of imide groups is 1. The number of hydrogen-bond acceptors (Lipinski definition) is 4. The van der Waals surface area contributed by atoms with Crippen molar-refractivity contribution in [3.05, 3.63) is 12.7 Å². The quantitative estimate of drug-likeness (QED) is 0.438. The van der Waals surface area contributed by atoms with Crippen LogP contribution in [0.2, 0.25) is 0 Å². The lowest BCUT2D eigenvalue weighted by atomic mass is 10.3. The molecule has 0 aromatic rings. The van der Waals surface area contributed by atoms with Crippen LogP contribution in [0.1, 0.15) is 12.8 Å². The number of thioether (sulfide) groups is 1. The van der Waals surface area contributed by atoms with Crippen molar-refractivity contribution < 1.29 is 19.5 Å². The fourth-order valence-electron chi connectivity index (χ4n) is 0.857. The summed E-state index contributed by atoms with van der Waals surface area (Å²) in [6.07, 6.45) is 1.28. The van der Waals surface area contributed by atoms with Gasteiger partial charge in [-0.1, -0.05) is 6.08 Å². The van der Waals surface area contributed by atoms with Gasteiger partial charge in [-0.3, -0.25) is 14.9 Å². The molecule has 6 nitrogen and oxygen atoms in total. The van der Waals surface area contributed by atoms with Crippen LogP contribution in [-0.4, -0.2) is 41.1 Å². The highest BCUT2D eigenvalue weighted by atomic mass is 32.2. The molecule has 7 heteroatoms. The van der Waals surface area contributed by atoms with Crippen molar-refractivity contribution in [3.63, 3.8) is 0 Å². The summed E-state index contributed by atoms with van der Waals surface area (Å²) in [6.45, 7) is 4.00. The van der Waals surface area contributed by atoms with Crippen LogP contribution in [-0.2, 0) is 9.59 Å². The van der Waals surface area contributed by atoms with Crippen molar-refractivity contribution in [2.45, 2.75) is 12.8 Å². The zero-order valence-electron chi connectivity index (χ0n) is 9.40. The van der Waals surface area contributed by atoms with Crippen LogP contribution >= 0.6 is 11.8 Å². The van der Waals surface area contributed by atoms with Gasteiger partial charge in [-0.25, -0.2) is 4.79 Å². The van der Waals surface area contributed by atoms with Crippen LogP contribution in [0.15, 0.2) is 12.7 Å². The van der Waals surface area contributed by atoms with Crippen LogP contribution in [0.25, 0.3) is 0 Å². The van der Waals surface area contributed by atoms with E-state index in [9.17, 15) is 14.4 Å². The molecule has 0 heterocycles. The van der Waals surface area contributed by atoms with Gasteiger partial charge in [-0.15, -0.1) is 6.58 Å². The predicted molar refractivity (Wildman–Crippen MR) is 65.9 cm³/mol. The van der Waals surface area contributed by atoms with Gasteiger partial charge in [0, 0.05) is 24.5 Å². The lowest BCUT2D eigenvalue weighted by molar-refractivity contribution is -0.138. The van der Waals surface area contributed by atoms with Crippen molar-refractivity contribution in [1.29, 1.82) is 0 Å². The molecule has 0 aliphatic heterocycles. The van der Waals surface area contributed by atoms with Gasteiger partial charge < -0.3 is 10.4 Å². The average molecular weight is 260 g/mol. The average Bonchev–Trinajstić information content (AvgIpc) is 2.26. The Morgan fingerprint density at radius 2 is 2.00 bits per heavy atom. The Labute approximate surface area is 104 Å². The smallest absolute Gasteiger partial charge is 0.321 e. The zero-order chi connectivity index (χ0) is 13.1. The minimum absolute atomic E-state index is 0.200. The number of carbonyl (C=O) groups is 3. The molecule has 0 radical (unpaired) electrons. The first-order valence-corrected chi connectivity index (χ1v) is 6.20. The largest absolute Gasteiger partial charge is 0.481 e. The van der Waals surface area contributed by atoms with E-state index in [0.717, 1.165) is 11.5 Å². The molecule has 0 saturated heterocycles. The van der Waals surface area contributed by atoms with Crippen molar-refractivity contribution in [2.24, 2.45) is 0 Å². The van der Waals surface area contributed by atoms with Gasteiger partial charge in [0.2, 0.25) is 5.91 Å². The monoisotopic (exact) mass is 260 g/mol. The minimum Gasteiger partial charge on any atom is -0.481 e. The number of aliphatic carboxylic acids is 1. The van der Waals surface area contributed by atoms with Crippen molar-refractivity contribution in [2.75, 3.05) is 18.1 Å². The minimum atomic E-state index is -1.07. The van der Waals surface area contributed by atoms with E-state index < -0.39 is 17.9 Å². The Hall–Kier alpha value is -1.50. The van der Waals surface area contributed by atoms with E-state index in [4.69, 9.17) is 5.11 Å². The van der Waals surface area contributed by atoms with Crippen LogP contribution < -0.4 is 10.6 Å². The summed E-state index contributed by atoms with van der Waals surface area (Å²) < 4.78 is 0. The van der Waals surface area contributed by atoms with Gasteiger partial charge in [-0.05, 0) is 0 Å². The number of carboxylic acids is 1. The number of carbonyl (C=O) groups excluding carboxylic acids is 2. The number of nitrogens with one attached hydrogen (secondary N) is 2. The van der Waals surface area contributed by atoms with E-state index in [1.54, 1.807) is 17.8 Å². The number of urea groups is 1. The SMILES string of the molecule is C=CCSCCNC(=O)NC(=O)CCC(=O)O. The molecule has 0 spiro atoms. The van der Waals surface area contributed by atoms with Crippen LogP contribution in [0, 0.1) is 0 Å². The van der Waals surface area contributed by atoms with Crippen LogP contribution in [0.3, 0.4) is 0 Å². The molecule has 3 N–H and O–H groups in total. The molecule has 3 amide bonds. The number of carboxylic acid groups (broad SMARTS) is 1. The second kappa shape index (κ2) is 9.71. The Balaban J connectivity index is 3.53. The first kappa shape index (κ1) is 15.5. The molecule has 0 aromatic heterocycles. The van der Waals surface area contributed by atoms with E-state index in [2.05, 4.69) is 11.9 Å². The summed E-state index contributed by atoms with van der Waals surface area (Å²) in [4.78, 5) is 32.3. The molecule has 0 aromatic carbocycles. The van der Waals surface area contributed by atoms with Gasteiger partial charge in [0.25, 0.3) is 0 Å². The van der Waals surface area contributed by atoms with Gasteiger partial charge in [-0.2, -0.15) is 11.8 Å². The molecular formula is C10H16N2O4S. The molecule has 0 aliphatic rings. The molecule has 0 saturated carbocycles.